The first kappa shape index (κ1) is 25.0. The fourth-order valence-electron chi connectivity index (χ4n) is 4.23. The lowest BCUT2D eigenvalue weighted by molar-refractivity contribution is -0.131. The highest BCUT2D eigenvalue weighted by Gasteiger charge is 2.26. The zero-order chi connectivity index (χ0) is 24.8. The van der Waals surface area contributed by atoms with Gasteiger partial charge in [0.2, 0.25) is 11.8 Å². The molecule has 0 radical (unpaired) electrons. The Balaban J connectivity index is 1.42. The van der Waals surface area contributed by atoms with Gasteiger partial charge in [-0.2, -0.15) is 0 Å². The van der Waals surface area contributed by atoms with Gasteiger partial charge in [-0.3, -0.25) is 9.59 Å². The highest BCUT2D eigenvalue weighted by molar-refractivity contribution is 7.99. The molecule has 1 aromatic heterocycles. The van der Waals surface area contributed by atoms with Crippen LogP contribution < -0.4 is 10.2 Å². The standard InChI is InChI=1S/C26H28ClN5O2S/c1-18-16-31(13-14-32(18)19(2)33)23-15-22(27)28-26(29-23)35-17-24(34)30-25(20-9-5-3-6-10-20)21-11-7-4-8-12-21/h3-12,15,18,25H,13-14,16-17H2,1-2H3,(H,30,34). The molecule has 2 heterocycles. The number of rotatable bonds is 7. The number of benzene rings is 2. The topological polar surface area (TPSA) is 78.4 Å². The first-order chi connectivity index (χ1) is 16.9. The first-order valence-electron chi connectivity index (χ1n) is 11.5. The molecule has 2 aromatic carbocycles. The highest BCUT2D eigenvalue weighted by atomic mass is 35.5. The summed E-state index contributed by atoms with van der Waals surface area (Å²) < 4.78 is 0. The molecule has 1 N–H and O–H groups in total. The minimum Gasteiger partial charge on any atom is -0.353 e. The van der Waals surface area contributed by atoms with Gasteiger partial charge in [-0.1, -0.05) is 84.0 Å². The fourth-order valence-corrected chi connectivity index (χ4v) is 5.12. The summed E-state index contributed by atoms with van der Waals surface area (Å²) in [6, 6.07) is 21.3. The van der Waals surface area contributed by atoms with Crippen molar-refractivity contribution in [3.63, 3.8) is 0 Å². The van der Waals surface area contributed by atoms with E-state index in [1.807, 2.05) is 72.5 Å². The van der Waals surface area contributed by atoms with Crippen LogP contribution >= 0.6 is 23.4 Å². The second-order valence-corrected chi connectivity index (χ2v) is 9.78. The smallest absolute Gasteiger partial charge is 0.231 e. The van der Waals surface area contributed by atoms with Gasteiger partial charge < -0.3 is 15.1 Å². The summed E-state index contributed by atoms with van der Waals surface area (Å²) in [7, 11) is 0. The SMILES string of the molecule is CC(=O)N1CCN(c2cc(Cl)nc(SCC(=O)NC(c3ccccc3)c3ccccc3)n2)CC1C. The average Bonchev–Trinajstić information content (AvgIpc) is 2.86. The summed E-state index contributed by atoms with van der Waals surface area (Å²) in [6.45, 7) is 5.56. The van der Waals surface area contributed by atoms with Gasteiger partial charge in [0, 0.05) is 38.7 Å². The molecular weight excluding hydrogens is 482 g/mol. The van der Waals surface area contributed by atoms with Crippen LogP contribution in [0.3, 0.4) is 0 Å². The van der Waals surface area contributed by atoms with Crippen molar-refractivity contribution in [2.75, 3.05) is 30.3 Å². The molecule has 3 aromatic rings. The van der Waals surface area contributed by atoms with Crippen molar-refractivity contribution in [1.82, 2.24) is 20.2 Å². The van der Waals surface area contributed by atoms with E-state index in [0.29, 0.717) is 35.8 Å². The summed E-state index contributed by atoms with van der Waals surface area (Å²) in [6.07, 6.45) is 0. The van der Waals surface area contributed by atoms with Crippen LogP contribution in [0.1, 0.15) is 31.0 Å². The van der Waals surface area contributed by atoms with Crippen molar-refractivity contribution >= 4 is 41.0 Å². The van der Waals surface area contributed by atoms with Crippen LogP contribution in [0.25, 0.3) is 0 Å². The third-order valence-electron chi connectivity index (χ3n) is 5.92. The van der Waals surface area contributed by atoms with Gasteiger partial charge in [0.05, 0.1) is 11.8 Å². The van der Waals surface area contributed by atoms with Gasteiger partial charge in [-0.15, -0.1) is 0 Å². The quantitative estimate of drug-likeness (QED) is 0.292. The largest absolute Gasteiger partial charge is 0.353 e. The molecule has 2 amide bonds. The molecule has 0 spiro atoms. The van der Waals surface area contributed by atoms with Crippen molar-refractivity contribution in [2.24, 2.45) is 0 Å². The Hall–Kier alpha value is -3.10. The summed E-state index contributed by atoms with van der Waals surface area (Å²) >= 11 is 7.54. The predicted octanol–water partition coefficient (Wildman–Crippen LogP) is 4.18. The normalized spacial score (nSPS) is 15.8. The van der Waals surface area contributed by atoms with E-state index >= 15 is 0 Å². The molecule has 1 aliphatic rings. The highest BCUT2D eigenvalue weighted by Crippen LogP contribution is 2.25. The second-order valence-electron chi connectivity index (χ2n) is 8.45. The van der Waals surface area contributed by atoms with Crippen LogP contribution in [0.2, 0.25) is 5.15 Å². The zero-order valence-corrected chi connectivity index (χ0v) is 21.3. The number of carbonyl (C=O) groups is 2. The molecule has 1 aliphatic heterocycles. The van der Waals surface area contributed by atoms with Gasteiger partial charge in [-0.05, 0) is 18.1 Å². The lowest BCUT2D eigenvalue weighted by Crippen LogP contribution is -2.53. The Morgan fingerprint density at radius 3 is 2.26 bits per heavy atom. The lowest BCUT2D eigenvalue weighted by atomic mass is 9.99. The van der Waals surface area contributed by atoms with Crippen molar-refractivity contribution in [3.8, 4) is 0 Å². The summed E-state index contributed by atoms with van der Waals surface area (Å²) in [5.41, 5.74) is 2.02. The number of anilines is 1. The number of halogens is 1. The van der Waals surface area contributed by atoms with E-state index in [2.05, 4.69) is 20.2 Å². The maximum Gasteiger partial charge on any atom is 0.231 e. The number of thioether (sulfide) groups is 1. The molecule has 35 heavy (non-hydrogen) atoms. The minimum atomic E-state index is -0.250. The molecule has 1 unspecified atom stereocenters. The van der Waals surface area contributed by atoms with Crippen LogP contribution in [0.4, 0.5) is 5.82 Å². The van der Waals surface area contributed by atoms with E-state index < -0.39 is 0 Å². The molecule has 0 saturated carbocycles. The fraction of sp³-hybridized carbons (Fsp3) is 0.308. The molecule has 4 rings (SSSR count). The monoisotopic (exact) mass is 509 g/mol. The molecule has 7 nitrogen and oxygen atoms in total. The minimum absolute atomic E-state index is 0.0736. The molecule has 0 aliphatic carbocycles. The van der Waals surface area contributed by atoms with E-state index in [4.69, 9.17) is 11.6 Å². The Morgan fingerprint density at radius 2 is 1.69 bits per heavy atom. The maximum absolute atomic E-state index is 12.9. The number of amides is 2. The predicted molar refractivity (Wildman–Crippen MR) is 140 cm³/mol. The van der Waals surface area contributed by atoms with Gasteiger partial charge in [0.15, 0.2) is 5.16 Å². The molecular formula is C26H28ClN5O2S. The first-order valence-corrected chi connectivity index (χ1v) is 12.9. The van der Waals surface area contributed by atoms with Crippen LogP contribution in [0.15, 0.2) is 71.9 Å². The average molecular weight is 510 g/mol. The third kappa shape index (κ3) is 6.52. The molecule has 9 heteroatoms. The summed E-state index contributed by atoms with van der Waals surface area (Å²) in [4.78, 5) is 37.6. The van der Waals surface area contributed by atoms with Crippen molar-refractivity contribution in [2.45, 2.75) is 31.1 Å². The van der Waals surface area contributed by atoms with Gasteiger partial charge >= 0.3 is 0 Å². The number of piperazine rings is 1. The van der Waals surface area contributed by atoms with E-state index in [1.165, 1.54) is 11.8 Å². The van der Waals surface area contributed by atoms with Gasteiger partial charge in [0.1, 0.15) is 11.0 Å². The third-order valence-corrected chi connectivity index (χ3v) is 6.96. The van der Waals surface area contributed by atoms with Gasteiger partial charge in [0.25, 0.3) is 0 Å². The van der Waals surface area contributed by atoms with E-state index in [1.54, 1.807) is 13.0 Å². The Kier molecular flexibility index (Phi) is 8.25. The van der Waals surface area contributed by atoms with Crippen molar-refractivity contribution in [3.05, 3.63) is 83.0 Å². The number of aromatic nitrogens is 2. The van der Waals surface area contributed by atoms with Crippen LogP contribution in [-0.4, -0.2) is 58.1 Å². The maximum atomic E-state index is 12.9. The summed E-state index contributed by atoms with van der Waals surface area (Å²) in [5.74, 6) is 0.810. The molecule has 1 atom stereocenters. The number of carbonyl (C=O) groups excluding carboxylic acids is 2. The lowest BCUT2D eigenvalue weighted by Gasteiger charge is -2.40. The van der Waals surface area contributed by atoms with E-state index in [-0.39, 0.29) is 29.7 Å². The van der Waals surface area contributed by atoms with Crippen molar-refractivity contribution < 1.29 is 9.59 Å². The molecule has 1 saturated heterocycles. The van der Waals surface area contributed by atoms with Crippen LogP contribution in [0.5, 0.6) is 0 Å². The van der Waals surface area contributed by atoms with Crippen LogP contribution in [-0.2, 0) is 9.59 Å². The Labute approximate surface area is 214 Å². The van der Waals surface area contributed by atoms with Crippen LogP contribution in [0, 0.1) is 0 Å². The van der Waals surface area contributed by atoms with Crippen molar-refractivity contribution in [1.29, 1.82) is 0 Å². The second kappa shape index (κ2) is 11.6. The number of nitrogens with zero attached hydrogens (tertiary/aromatic N) is 4. The number of hydrogen-bond donors (Lipinski definition) is 1. The van der Waals surface area contributed by atoms with E-state index in [0.717, 1.165) is 11.1 Å². The Morgan fingerprint density at radius 1 is 1.06 bits per heavy atom. The molecule has 1 fully saturated rings. The summed E-state index contributed by atoms with van der Waals surface area (Å²) in [5, 5.41) is 3.91. The van der Waals surface area contributed by atoms with Gasteiger partial charge in [-0.25, -0.2) is 9.97 Å². The van der Waals surface area contributed by atoms with E-state index in [9.17, 15) is 9.59 Å². The molecule has 0 bridgehead atoms. The number of hydrogen-bond acceptors (Lipinski definition) is 6. The molecule has 182 valence electrons. The number of nitrogens with one attached hydrogen (secondary N) is 1. The Bertz CT molecular complexity index is 1130. The zero-order valence-electron chi connectivity index (χ0n) is 19.7.